The van der Waals surface area contributed by atoms with E-state index < -0.39 is 0 Å². The molecule has 1 fully saturated rings. The number of rotatable bonds is 6. The summed E-state index contributed by atoms with van der Waals surface area (Å²) < 4.78 is 19.9. The quantitative estimate of drug-likeness (QED) is 0.417. The van der Waals surface area contributed by atoms with Gasteiger partial charge in [-0.15, -0.1) is 0 Å². The van der Waals surface area contributed by atoms with E-state index in [-0.39, 0.29) is 12.7 Å². The van der Waals surface area contributed by atoms with E-state index in [4.69, 9.17) is 14.2 Å². The molecule has 0 spiro atoms. The summed E-state index contributed by atoms with van der Waals surface area (Å²) in [6, 6.07) is 17.6. The SMILES string of the molecule is COc1ccc(-n2ncc(C(=O)N3CCN(Cc4ccc5c(c4)OCO5)CC3)c2-n2cccc2)cc1. The van der Waals surface area contributed by atoms with Gasteiger partial charge in [-0.1, -0.05) is 6.07 Å². The molecule has 0 radical (unpaired) electrons. The zero-order chi connectivity index (χ0) is 24.5. The van der Waals surface area contributed by atoms with Crippen LogP contribution in [0.5, 0.6) is 17.2 Å². The highest BCUT2D eigenvalue weighted by Gasteiger charge is 2.27. The number of amides is 1. The Kier molecular flexibility index (Phi) is 5.82. The Labute approximate surface area is 209 Å². The Balaban J connectivity index is 1.18. The summed E-state index contributed by atoms with van der Waals surface area (Å²) in [5.41, 5.74) is 2.60. The normalized spacial score (nSPS) is 15.3. The lowest BCUT2D eigenvalue weighted by molar-refractivity contribution is 0.0628. The number of carbonyl (C=O) groups excluding carboxylic acids is 1. The van der Waals surface area contributed by atoms with Crippen molar-refractivity contribution < 1.29 is 19.0 Å². The van der Waals surface area contributed by atoms with Gasteiger partial charge in [0.05, 0.1) is 19.0 Å². The summed E-state index contributed by atoms with van der Waals surface area (Å²) in [4.78, 5) is 17.9. The smallest absolute Gasteiger partial charge is 0.259 e. The van der Waals surface area contributed by atoms with Crippen LogP contribution in [-0.4, -0.2) is 70.1 Å². The molecule has 0 saturated carbocycles. The fourth-order valence-corrected chi connectivity index (χ4v) is 4.71. The highest BCUT2D eigenvalue weighted by Crippen LogP contribution is 2.33. The molecule has 2 aromatic heterocycles. The van der Waals surface area contributed by atoms with Crippen molar-refractivity contribution in [2.45, 2.75) is 6.54 Å². The van der Waals surface area contributed by atoms with Crippen LogP contribution >= 0.6 is 0 Å². The van der Waals surface area contributed by atoms with Gasteiger partial charge in [0.25, 0.3) is 5.91 Å². The fourth-order valence-electron chi connectivity index (χ4n) is 4.71. The number of benzene rings is 2. The Morgan fingerprint density at radius 3 is 2.47 bits per heavy atom. The molecular formula is C27H27N5O4. The van der Waals surface area contributed by atoms with Crippen molar-refractivity contribution in [3.05, 3.63) is 84.3 Å². The molecule has 0 unspecified atom stereocenters. The lowest BCUT2D eigenvalue weighted by Crippen LogP contribution is -2.48. The van der Waals surface area contributed by atoms with Gasteiger partial charge in [-0.05, 0) is 54.1 Å². The fraction of sp³-hybridized carbons (Fsp3) is 0.259. The van der Waals surface area contributed by atoms with Gasteiger partial charge in [0.15, 0.2) is 17.3 Å². The monoisotopic (exact) mass is 485 g/mol. The van der Waals surface area contributed by atoms with Crippen LogP contribution in [-0.2, 0) is 6.54 Å². The molecule has 184 valence electrons. The summed E-state index contributed by atoms with van der Waals surface area (Å²) in [5.74, 6) is 3.07. The topological polar surface area (TPSA) is 74.0 Å². The number of piperazine rings is 1. The molecule has 9 heteroatoms. The van der Waals surface area contributed by atoms with E-state index in [1.54, 1.807) is 18.0 Å². The minimum Gasteiger partial charge on any atom is -0.497 e. The summed E-state index contributed by atoms with van der Waals surface area (Å²) in [6.45, 7) is 3.99. The molecule has 36 heavy (non-hydrogen) atoms. The Bertz CT molecular complexity index is 1360. The van der Waals surface area contributed by atoms with Crippen molar-refractivity contribution in [3.63, 3.8) is 0 Å². The first-order chi connectivity index (χ1) is 17.7. The van der Waals surface area contributed by atoms with E-state index in [1.165, 1.54) is 5.56 Å². The lowest BCUT2D eigenvalue weighted by atomic mass is 10.1. The number of methoxy groups -OCH3 is 1. The molecule has 2 aromatic carbocycles. The van der Waals surface area contributed by atoms with Crippen molar-refractivity contribution in [1.29, 1.82) is 0 Å². The largest absolute Gasteiger partial charge is 0.497 e. The zero-order valence-corrected chi connectivity index (χ0v) is 20.0. The molecule has 6 rings (SSSR count). The lowest BCUT2D eigenvalue weighted by Gasteiger charge is -2.34. The first-order valence-electron chi connectivity index (χ1n) is 12.0. The molecule has 4 aromatic rings. The minimum absolute atomic E-state index is 0.0128. The molecule has 0 aliphatic carbocycles. The molecule has 0 N–H and O–H groups in total. The van der Waals surface area contributed by atoms with Crippen LogP contribution in [0.2, 0.25) is 0 Å². The van der Waals surface area contributed by atoms with Gasteiger partial charge < -0.3 is 23.7 Å². The Morgan fingerprint density at radius 2 is 1.72 bits per heavy atom. The van der Waals surface area contributed by atoms with Crippen molar-refractivity contribution in [1.82, 2.24) is 24.1 Å². The van der Waals surface area contributed by atoms with Gasteiger partial charge in [-0.25, -0.2) is 4.68 Å². The van der Waals surface area contributed by atoms with Crippen molar-refractivity contribution >= 4 is 5.91 Å². The summed E-state index contributed by atoms with van der Waals surface area (Å²) in [5, 5.41) is 4.59. The summed E-state index contributed by atoms with van der Waals surface area (Å²) in [6.07, 6.45) is 5.52. The maximum atomic E-state index is 13.6. The molecule has 1 amide bonds. The van der Waals surface area contributed by atoms with E-state index in [1.807, 2.05) is 70.4 Å². The molecular weight excluding hydrogens is 458 g/mol. The highest BCUT2D eigenvalue weighted by atomic mass is 16.7. The average Bonchev–Trinajstić information content (AvgIpc) is 3.69. The molecule has 1 saturated heterocycles. The van der Waals surface area contributed by atoms with Gasteiger partial charge in [0.1, 0.15) is 11.3 Å². The predicted molar refractivity (Wildman–Crippen MR) is 133 cm³/mol. The van der Waals surface area contributed by atoms with Gasteiger partial charge >= 0.3 is 0 Å². The summed E-state index contributed by atoms with van der Waals surface area (Å²) in [7, 11) is 1.64. The first kappa shape index (κ1) is 22.2. The molecule has 4 heterocycles. The van der Waals surface area contributed by atoms with E-state index in [2.05, 4.69) is 16.1 Å². The number of nitrogens with zero attached hydrogens (tertiary/aromatic N) is 5. The molecule has 9 nitrogen and oxygen atoms in total. The van der Waals surface area contributed by atoms with E-state index >= 15 is 0 Å². The van der Waals surface area contributed by atoms with Crippen LogP contribution in [0.25, 0.3) is 11.5 Å². The first-order valence-corrected chi connectivity index (χ1v) is 12.0. The Hall–Kier alpha value is -4.24. The van der Waals surface area contributed by atoms with Gasteiger partial charge in [0, 0.05) is 45.1 Å². The number of hydrogen-bond donors (Lipinski definition) is 0. The van der Waals surface area contributed by atoms with Gasteiger partial charge in [-0.3, -0.25) is 9.69 Å². The van der Waals surface area contributed by atoms with Gasteiger partial charge in [-0.2, -0.15) is 5.10 Å². The van der Waals surface area contributed by atoms with Crippen LogP contribution in [0.1, 0.15) is 15.9 Å². The number of carbonyl (C=O) groups is 1. The van der Waals surface area contributed by atoms with Crippen LogP contribution in [0.4, 0.5) is 0 Å². The third-order valence-corrected chi connectivity index (χ3v) is 6.64. The molecule has 0 bridgehead atoms. The number of ether oxygens (including phenoxy) is 3. The minimum atomic E-state index is -0.0128. The Morgan fingerprint density at radius 1 is 0.972 bits per heavy atom. The molecule has 2 aliphatic heterocycles. The van der Waals surface area contributed by atoms with Crippen molar-refractivity contribution in [2.24, 2.45) is 0 Å². The average molecular weight is 486 g/mol. The summed E-state index contributed by atoms with van der Waals surface area (Å²) >= 11 is 0. The molecule has 2 aliphatic rings. The second kappa shape index (κ2) is 9.43. The van der Waals surface area contributed by atoms with E-state index in [0.717, 1.165) is 48.4 Å². The highest BCUT2D eigenvalue weighted by molar-refractivity contribution is 5.97. The predicted octanol–water partition coefficient (Wildman–Crippen LogP) is 3.36. The van der Waals surface area contributed by atoms with Crippen LogP contribution < -0.4 is 14.2 Å². The van der Waals surface area contributed by atoms with Crippen LogP contribution in [0, 0.1) is 0 Å². The third-order valence-electron chi connectivity index (χ3n) is 6.64. The van der Waals surface area contributed by atoms with Crippen LogP contribution in [0.3, 0.4) is 0 Å². The maximum Gasteiger partial charge on any atom is 0.259 e. The second-order valence-corrected chi connectivity index (χ2v) is 8.84. The zero-order valence-electron chi connectivity index (χ0n) is 20.0. The van der Waals surface area contributed by atoms with E-state index in [0.29, 0.717) is 18.7 Å². The number of fused-ring (bicyclic) bond motifs is 1. The third kappa shape index (κ3) is 4.18. The number of hydrogen-bond acceptors (Lipinski definition) is 6. The standard InChI is InChI=1S/C27H27N5O4/c1-34-22-7-5-21(6-8-22)32-26(30-10-2-3-11-30)23(17-28-32)27(33)31-14-12-29(13-15-31)18-20-4-9-24-25(16-20)36-19-35-24/h2-11,16-17H,12-15,18-19H2,1H3. The maximum absolute atomic E-state index is 13.6. The second-order valence-electron chi connectivity index (χ2n) is 8.84. The van der Waals surface area contributed by atoms with Crippen LogP contribution in [0.15, 0.2) is 73.2 Å². The molecule has 0 atom stereocenters. The van der Waals surface area contributed by atoms with E-state index in [9.17, 15) is 4.79 Å². The van der Waals surface area contributed by atoms with Crippen molar-refractivity contribution in [3.8, 4) is 28.8 Å². The van der Waals surface area contributed by atoms with Gasteiger partial charge in [0.2, 0.25) is 6.79 Å². The van der Waals surface area contributed by atoms with Crippen molar-refractivity contribution in [2.75, 3.05) is 40.1 Å². The number of aromatic nitrogens is 3.